The summed E-state index contributed by atoms with van der Waals surface area (Å²) in [6, 6.07) is 5.20. The van der Waals surface area contributed by atoms with E-state index in [1.807, 2.05) is 0 Å². The van der Waals surface area contributed by atoms with Crippen molar-refractivity contribution in [3.05, 3.63) is 28.3 Å². The minimum absolute atomic E-state index is 0.0132. The number of anilines is 1. The summed E-state index contributed by atoms with van der Waals surface area (Å²) in [7, 11) is 0. The third-order valence-corrected chi connectivity index (χ3v) is 3.97. The first-order chi connectivity index (χ1) is 10.2. The lowest BCUT2D eigenvalue weighted by molar-refractivity contribution is -0.385. The van der Waals surface area contributed by atoms with Crippen molar-refractivity contribution in [3.8, 4) is 5.75 Å². The monoisotopic (exact) mass is 294 g/mol. The fourth-order valence-electron chi connectivity index (χ4n) is 2.98. The molecule has 2 unspecified atom stereocenters. The summed E-state index contributed by atoms with van der Waals surface area (Å²) in [5.74, 6) is 0.755. The van der Waals surface area contributed by atoms with Crippen LogP contribution < -0.4 is 10.1 Å². The second-order valence-corrected chi connectivity index (χ2v) is 5.33. The fourth-order valence-corrected chi connectivity index (χ4v) is 2.98. The molecule has 116 valence electrons. The van der Waals surface area contributed by atoms with Gasteiger partial charge in [-0.2, -0.15) is 0 Å². The Balaban J connectivity index is 2.13. The summed E-state index contributed by atoms with van der Waals surface area (Å²) >= 11 is 0. The molecule has 0 amide bonds. The van der Waals surface area contributed by atoms with Gasteiger partial charge in [0.25, 0.3) is 0 Å². The molecule has 1 aromatic carbocycles. The standard InChI is InChI=1S/C15H22N2O4/c1-2-21-15-10-12(6-7-14(15)17(19)20)16-13-5-3-4-11(13)8-9-18/h6-7,10-11,13,16,18H,2-5,8-9H2,1H3. The highest BCUT2D eigenvalue weighted by molar-refractivity contribution is 5.58. The van der Waals surface area contributed by atoms with Gasteiger partial charge < -0.3 is 15.2 Å². The lowest BCUT2D eigenvalue weighted by Crippen LogP contribution is -2.24. The van der Waals surface area contributed by atoms with Gasteiger partial charge in [0.1, 0.15) is 0 Å². The van der Waals surface area contributed by atoms with Crippen LogP contribution >= 0.6 is 0 Å². The van der Waals surface area contributed by atoms with E-state index in [0.717, 1.165) is 31.4 Å². The van der Waals surface area contributed by atoms with Crippen LogP contribution in [0.3, 0.4) is 0 Å². The zero-order valence-electron chi connectivity index (χ0n) is 12.2. The number of nitrogens with one attached hydrogen (secondary N) is 1. The molecule has 2 N–H and O–H groups in total. The third-order valence-electron chi connectivity index (χ3n) is 3.97. The summed E-state index contributed by atoms with van der Waals surface area (Å²) in [4.78, 5) is 10.5. The summed E-state index contributed by atoms with van der Waals surface area (Å²) in [6.45, 7) is 2.40. The predicted molar refractivity (Wildman–Crippen MR) is 80.7 cm³/mol. The molecular formula is C15H22N2O4. The van der Waals surface area contributed by atoms with E-state index in [-0.39, 0.29) is 12.3 Å². The number of nitro benzene ring substituents is 1. The van der Waals surface area contributed by atoms with E-state index in [1.165, 1.54) is 6.07 Å². The van der Waals surface area contributed by atoms with Crippen LogP contribution in [0.2, 0.25) is 0 Å². The van der Waals surface area contributed by atoms with Crippen LogP contribution in [0.5, 0.6) is 5.75 Å². The molecule has 1 saturated carbocycles. The van der Waals surface area contributed by atoms with Crippen LogP contribution in [-0.2, 0) is 0 Å². The van der Waals surface area contributed by atoms with Crippen LogP contribution in [0.4, 0.5) is 11.4 Å². The molecule has 0 bridgehead atoms. The summed E-state index contributed by atoms with van der Waals surface area (Å²) in [5, 5.41) is 23.5. The first-order valence-electron chi connectivity index (χ1n) is 7.44. The molecule has 0 spiro atoms. The second kappa shape index (κ2) is 7.26. The van der Waals surface area contributed by atoms with Gasteiger partial charge in [0, 0.05) is 30.5 Å². The Bertz CT molecular complexity index is 493. The molecule has 1 fully saturated rings. The molecule has 1 aliphatic carbocycles. The Morgan fingerprint density at radius 1 is 1.48 bits per heavy atom. The highest BCUT2D eigenvalue weighted by atomic mass is 16.6. The number of aliphatic hydroxyl groups excluding tert-OH is 1. The van der Waals surface area contributed by atoms with Gasteiger partial charge in [-0.3, -0.25) is 10.1 Å². The first kappa shape index (κ1) is 15.6. The average Bonchev–Trinajstić information content (AvgIpc) is 2.87. The zero-order chi connectivity index (χ0) is 15.2. The Hall–Kier alpha value is -1.82. The lowest BCUT2D eigenvalue weighted by Gasteiger charge is -2.21. The van der Waals surface area contributed by atoms with Crippen molar-refractivity contribution in [2.24, 2.45) is 5.92 Å². The Labute approximate surface area is 124 Å². The number of ether oxygens (including phenoxy) is 1. The van der Waals surface area contributed by atoms with Crippen LogP contribution in [0, 0.1) is 16.0 Å². The van der Waals surface area contributed by atoms with Gasteiger partial charge in [-0.05, 0) is 38.2 Å². The highest BCUT2D eigenvalue weighted by Gasteiger charge is 2.27. The minimum Gasteiger partial charge on any atom is -0.487 e. The van der Waals surface area contributed by atoms with E-state index < -0.39 is 4.92 Å². The quantitative estimate of drug-likeness (QED) is 0.596. The molecule has 2 atom stereocenters. The normalized spacial score (nSPS) is 21.2. The molecule has 0 radical (unpaired) electrons. The number of hydrogen-bond acceptors (Lipinski definition) is 5. The largest absolute Gasteiger partial charge is 0.487 e. The van der Waals surface area contributed by atoms with Crippen LogP contribution in [-0.4, -0.2) is 29.3 Å². The molecule has 2 rings (SSSR count). The molecule has 6 heteroatoms. The van der Waals surface area contributed by atoms with Gasteiger partial charge in [0.2, 0.25) is 0 Å². The highest BCUT2D eigenvalue weighted by Crippen LogP contribution is 2.34. The number of benzene rings is 1. The van der Waals surface area contributed by atoms with Gasteiger partial charge in [-0.25, -0.2) is 0 Å². The molecule has 0 saturated heterocycles. The van der Waals surface area contributed by atoms with Crippen molar-refractivity contribution < 1.29 is 14.8 Å². The van der Waals surface area contributed by atoms with E-state index in [0.29, 0.717) is 24.3 Å². The van der Waals surface area contributed by atoms with Crippen LogP contribution in [0.25, 0.3) is 0 Å². The molecule has 21 heavy (non-hydrogen) atoms. The fraction of sp³-hybridized carbons (Fsp3) is 0.600. The van der Waals surface area contributed by atoms with Crippen LogP contribution in [0.15, 0.2) is 18.2 Å². The predicted octanol–water partition coefficient (Wildman–Crippen LogP) is 2.96. The van der Waals surface area contributed by atoms with Crippen molar-refractivity contribution in [1.82, 2.24) is 0 Å². The molecule has 1 aromatic rings. The van der Waals surface area contributed by atoms with E-state index in [9.17, 15) is 10.1 Å². The Morgan fingerprint density at radius 3 is 2.95 bits per heavy atom. The number of hydrogen-bond donors (Lipinski definition) is 2. The van der Waals surface area contributed by atoms with Gasteiger partial charge >= 0.3 is 5.69 Å². The van der Waals surface area contributed by atoms with Crippen molar-refractivity contribution in [2.45, 2.75) is 38.6 Å². The van der Waals surface area contributed by atoms with Gasteiger partial charge in [0.15, 0.2) is 5.75 Å². The molecule has 0 aliphatic heterocycles. The number of rotatable bonds is 7. The van der Waals surface area contributed by atoms with Crippen molar-refractivity contribution in [1.29, 1.82) is 0 Å². The summed E-state index contributed by atoms with van der Waals surface area (Å²) in [6.07, 6.45) is 4.12. The topological polar surface area (TPSA) is 84.6 Å². The lowest BCUT2D eigenvalue weighted by atomic mass is 10.00. The SMILES string of the molecule is CCOc1cc(NC2CCCC2CCO)ccc1[N+](=O)[O-]. The van der Waals surface area contributed by atoms with Crippen molar-refractivity contribution >= 4 is 11.4 Å². The van der Waals surface area contributed by atoms with E-state index in [1.54, 1.807) is 19.1 Å². The smallest absolute Gasteiger partial charge is 0.311 e. The number of nitrogens with zero attached hydrogens (tertiary/aromatic N) is 1. The Morgan fingerprint density at radius 2 is 2.29 bits per heavy atom. The first-order valence-corrected chi connectivity index (χ1v) is 7.44. The second-order valence-electron chi connectivity index (χ2n) is 5.33. The van der Waals surface area contributed by atoms with Crippen molar-refractivity contribution in [3.63, 3.8) is 0 Å². The number of nitro groups is 1. The maximum Gasteiger partial charge on any atom is 0.311 e. The third kappa shape index (κ3) is 3.85. The molecule has 1 aliphatic rings. The van der Waals surface area contributed by atoms with Crippen molar-refractivity contribution in [2.75, 3.05) is 18.5 Å². The maximum absolute atomic E-state index is 11.0. The minimum atomic E-state index is -0.432. The molecule has 0 heterocycles. The molecular weight excluding hydrogens is 272 g/mol. The zero-order valence-corrected chi connectivity index (χ0v) is 12.2. The summed E-state index contributed by atoms with van der Waals surface area (Å²) < 4.78 is 5.36. The van der Waals surface area contributed by atoms with Gasteiger partial charge in [-0.15, -0.1) is 0 Å². The number of aliphatic hydroxyl groups is 1. The van der Waals surface area contributed by atoms with E-state index in [4.69, 9.17) is 9.84 Å². The summed E-state index contributed by atoms with van der Waals surface area (Å²) in [5.41, 5.74) is 0.819. The van der Waals surface area contributed by atoms with Gasteiger partial charge in [-0.1, -0.05) is 6.42 Å². The van der Waals surface area contributed by atoms with Gasteiger partial charge in [0.05, 0.1) is 11.5 Å². The van der Waals surface area contributed by atoms with E-state index >= 15 is 0 Å². The maximum atomic E-state index is 11.0. The molecule has 0 aromatic heterocycles. The Kier molecular flexibility index (Phi) is 5.38. The van der Waals surface area contributed by atoms with Crippen LogP contribution in [0.1, 0.15) is 32.6 Å². The van der Waals surface area contributed by atoms with E-state index in [2.05, 4.69) is 5.32 Å². The average molecular weight is 294 g/mol. The molecule has 6 nitrogen and oxygen atoms in total.